The number of carboxylic acids is 1. The number of carbonyl (C=O) groups is 3. The van der Waals surface area contributed by atoms with Gasteiger partial charge in [0.25, 0.3) is 5.91 Å². The van der Waals surface area contributed by atoms with E-state index in [-0.39, 0.29) is 43.4 Å². The average molecular weight is 319 g/mol. The highest BCUT2D eigenvalue weighted by molar-refractivity contribution is 8.00. The molecule has 2 N–H and O–H groups in total. The molecule has 0 aromatic heterocycles. The Balaban J connectivity index is 2.02. The van der Waals surface area contributed by atoms with Gasteiger partial charge in [-0.25, -0.2) is 0 Å². The van der Waals surface area contributed by atoms with Crippen molar-refractivity contribution in [3.8, 4) is 0 Å². The molecule has 2 aliphatic rings. The fourth-order valence-corrected chi connectivity index (χ4v) is 3.82. The van der Waals surface area contributed by atoms with Crippen LogP contribution in [0, 0.1) is 5.41 Å². The molecule has 0 radical (unpaired) electrons. The maximum atomic E-state index is 12.0. The summed E-state index contributed by atoms with van der Waals surface area (Å²) in [6.45, 7) is 0.835. The smallest absolute Gasteiger partial charge is 0.315 e. The van der Waals surface area contributed by atoms with Crippen LogP contribution >= 0.6 is 11.8 Å². The van der Waals surface area contributed by atoms with Crippen molar-refractivity contribution in [2.45, 2.75) is 18.4 Å². The number of aliphatic hydroxyl groups is 1. The van der Waals surface area contributed by atoms with Gasteiger partial charge in [0.1, 0.15) is 17.4 Å². The number of hydrogen-bond acceptors (Lipinski definition) is 7. The van der Waals surface area contributed by atoms with Crippen molar-refractivity contribution in [1.29, 1.82) is 0 Å². The van der Waals surface area contributed by atoms with Crippen molar-refractivity contribution in [3.05, 3.63) is 0 Å². The first kappa shape index (κ1) is 16.1. The molecule has 3 atom stereocenters. The summed E-state index contributed by atoms with van der Waals surface area (Å²) in [6, 6.07) is 0. The van der Waals surface area contributed by atoms with Crippen LogP contribution in [0.3, 0.4) is 0 Å². The number of carboxylic acid groups (broad SMARTS) is 1. The van der Waals surface area contributed by atoms with E-state index in [0.717, 1.165) is 0 Å². The van der Waals surface area contributed by atoms with Crippen LogP contribution in [0.5, 0.6) is 0 Å². The third kappa shape index (κ3) is 2.99. The van der Waals surface area contributed by atoms with E-state index in [1.807, 2.05) is 0 Å². The number of carbonyl (C=O) groups excluding carboxylic acids is 2. The zero-order valence-corrected chi connectivity index (χ0v) is 12.3. The average Bonchev–Trinajstić information content (AvgIpc) is 2.45. The SMILES string of the molecule is CC(=O)OCC1(C(=O)O)CS[C@@H]2[C@@H](OCCO)C(=O)N2C1. The molecule has 0 aromatic carbocycles. The Morgan fingerprint density at radius 1 is 1.52 bits per heavy atom. The van der Waals surface area contributed by atoms with E-state index in [9.17, 15) is 19.5 Å². The van der Waals surface area contributed by atoms with Crippen molar-refractivity contribution < 1.29 is 34.1 Å². The van der Waals surface area contributed by atoms with Gasteiger partial charge in [-0.15, -0.1) is 11.8 Å². The summed E-state index contributed by atoms with van der Waals surface area (Å²) in [5.74, 6) is -1.72. The number of hydrogen-bond donors (Lipinski definition) is 2. The Labute approximate surface area is 125 Å². The monoisotopic (exact) mass is 319 g/mol. The largest absolute Gasteiger partial charge is 0.481 e. The van der Waals surface area contributed by atoms with Gasteiger partial charge in [-0.3, -0.25) is 14.4 Å². The van der Waals surface area contributed by atoms with Crippen LogP contribution in [0.1, 0.15) is 6.92 Å². The van der Waals surface area contributed by atoms with Crippen LogP contribution in [0.2, 0.25) is 0 Å². The number of aliphatic hydroxyl groups excluding tert-OH is 1. The van der Waals surface area contributed by atoms with E-state index in [4.69, 9.17) is 14.6 Å². The molecule has 2 saturated heterocycles. The molecule has 0 spiro atoms. The highest BCUT2D eigenvalue weighted by atomic mass is 32.2. The van der Waals surface area contributed by atoms with Gasteiger partial charge >= 0.3 is 11.9 Å². The molecule has 0 bridgehead atoms. The molecule has 0 aliphatic carbocycles. The second-order valence-corrected chi connectivity index (χ2v) is 6.15. The molecule has 9 heteroatoms. The van der Waals surface area contributed by atoms with Crippen LogP contribution in [0.25, 0.3) is 0 Å². The predicted octanol–water partition coefficient (Wildman–Crippen LogP) is -1.09. The first-order valence-corrected chi connectivity index (χ1v) is 7.47. The number of aliphatic carboxylic acids is 1. The molecule has 8 nitrogen and oxygen atoms in total. The number of rotatable bonds is 6. The molecule has 21 heavy (non-hydrogen) atoms. The summed E-state index contributed by atoms with van der Waals surface area (Å²) in [7, 11) is 0. The number of ether oxygens (including phenoxy) is 2. The highest BCUT2D eigenvalue weighted by Crippen LogP contribution is 2.43. The maximum Gasteiger partial charge on any atom is 0.315 e. The molecule has 2 aliphatic heterocycles. The molecular formula is C12H17NO7S. The van der Waals surface area contributed by atoms with Gasteiger partial charge in [0.05, 0.1) is 13.2 Å². The first-order chi connectivity index (χ1) is 9.91. The molecule has 0 aromatic rings. The minimum Gasteiger partial charge on any atom is -0.481 e. The number of esters is 1. The van der Waals surface area contributed by atoms with Crippen molar-refractivity contribution >= 4 is 29.6 Å². The summed E-state index contributed by atoms with van der Waals surface area (Å²) < 4.78 is 10.1. The Kier molecular flexibility index (Phi) is 4.74. The standard InChI is InChI=1S/C12H17NO7S/c1-7(15)20-5-12(11(17)18)4-13-9(16)8(19-3-2-14)10(13)21-6-12/h8,10,14H,2-6H2,1H3,(H,17,18)/t8-,10+,12?/m0/s1. The number of fused-ring (bicyclic) bond motifs is 1. The third-order valence-electron chi connectivity index (χ3n) is 3.49. The van der Waals surface area contributed by atoms with Crippen molar-refractivity contribution in [2.75, 3.05) is 32.1 Å². The van der Waals surface area contributed by atoms with Crippen LogP contribution in [-0.4, -0.2) is 76.6 Å². The normalized spacial score (nSPS) is 31.3. The zero-order valence-electron chi connectivity index (χ0n) is 11.5. The van der Waals surface area contributed by atoms with Crippen LogP contribution in [0.15, 0.2) is 0 Å². The second-order valence-electron chi connectivity index (χ2n) is 5.05. The molecule has 1 amide bonds. The van der Waals surface area contributed by atoms with Gasteiger partial charge in [0.2, 0.25) is 0 Å². The third-order valence-corrected chi connectivity index (χ3v) is 5.05. The quantitative estimate of drug-likeness (QED) is 0.469. The van der Waals surface area contributed by atoms with Gasteiger partial charge in [0.15, 0.2) is 6.10 Å². The predicted molar refractivity (Wildman–Crippen MR) is 71.5 cm³/mol. The molecule has 2 fully saturated rings. The minimum absolute atomic E-state index is 0.00883. The summed E-state index contributed by atoms with van der Waals surface area (Å²) in [4.78, 5) is 35.8. The van der Waals surface area contributed by atoms with Crippen LogP contribution in [-0.2, 0) is 23.9 Å². The number of thioether (sulfide) groups is 1. The van der Waals surface area contributed by atoms with Gasteiger partial charge in [-0.2, -0.15) is 0 Å². The highest BCUT2D eigenvalue weighted by Gasteiger charge is 2.58. The molecule has 2 heterocycles. The van der Waals surface area contributed by atoms with Crippen LogP contribution in [0.4, 0.5) is 0 Å². The fraction of sp³-hybridized carbons (Fsp3) is 0.750. The van der Waals surface area contributed by atoms with Gasteiger partial charge in [-0.05, 0) is 0 Å². The number of nitrogens with zero attached hydrogens (tertiary/aromatic N) is 1. The Bertz CT molecular complexity index is 457. The Morgan fingerprint density at radius 3 is 2.81 bits per heavy atom. The van der Waals surface area contributed by atoms with Gasteiger partial charge in [-0.1, -0.05) is 0 Å². The van der Waals surface area contributed by atoms with E-state index >= 15 is 0 Å². The maximum absolute atomic E-state index is 12.0. The van der Waals surface area contributed by atoms with Crippen molar-refractivity contribution in [2.24, 2.45) is 5.41 Å². The van der Waals surface area contributed by atoms with E-state index < -0.39 is 23.5 Å². The summed E-state index contributed by atoms with van der Waals surface area (Å²) >= 11 is 1.29. The van der Waals surface area contributed by atoms with E-state index in [2.05, 4.69) is 0 Å². The number of amides is 1. The molecule has 118 valence electrons. The Morgan fingerprint density at radius 2 is 2.24 bits per heavy atom. The second kappa shape index (κ2) is 6.20. The number of β-lactam (4-membered cyclic amide) rings is 1. The Hall–Kier alpha value is -1.32. The molecular weight excluding hydrogens is 302 g/mol. The summed E-state index contributed by atoms with van der Waals surface area (Å²) in [5, 5.41) is 17.9. The first-order valence-electron chi connectivity index (χ1n) is 6.42. The van der Waals surface area contributed by atoms with Gasteiger partial charge < -0.3 is 24.6 Å². The van der Waals surface area contributed by atoms with Crippen LogP contribution < -0.4 is 0 Å². The zero-order chi connectivity index (χ0) is 15.6. The topological polar surface area (TPSA) is 113 Å². The van der Waals surface area contributed by atoms with E-state index in [1.54, 1.807) is 0 Å². The lowest BCUT2D eigenvalue weighted by molar-refractivity contribution is -0.176. The molecule has 0 saturated carbocycles. The van der Waals surface area contributed by atoms with Crippen molar-refractivity contribution in [1.82, 2.24) is 4.90 Å². The lowest BCUT2D eigenvalue weighted by Gasteiger charge is -2.53. The minimum atomic E-state index is -1.29. The summed E-state index contributed by atoms with van der Waals surface area (Å²) in [5.41, 5.74) is -1.29. The fourth-order valence-electron chi connectivity index (χ4n) is 2.31. The molecule has 2 rings (SSSR count). The summed E-state index contributed by atoms with van der Waals surface area (Å²) in [6.07, 6.45) is -0.636. The van der Waals surface area contributed by atoms with E-state index in [1.165, 1.54) is 23.6 Å². The lowest BCUT2D eigenvalue weighted by Crippen LogP contribution is -2.70. The molecule has 1 unspecified atom stereocenters. The van der Waals surface area contributed by atoms with Crippen molar-refractivity contribution in [3.63, 3.8) is 0 Å². The van der Waals surface area contributed by atoms with E-state index in [0.29, 0.717) is 0 Å². The van der Waals surface area contributed by atoms with Gasteiger partial charge in [0, 0.05) is 19.2 Å². The lowest BCUT2D eigenvalue weighted by atomic mass is 9.88.